The number of alkyl carbamates (subject to hydrolysis) is 1. The number of nitrogens with zero attached hydrogens (tertiary/aromatic N) is 3. The fourth-order valence-electron chi connectivity index (χ4n) is 2.56. The topological polar surface area (TPSA) is 97.6 Å². The van der Waals surface area contributed by atoms with E-state index in [1.807, 2.05) is 4.90 Å². The van der Waals surface area contributed by atoms with Crippen molar-refractivity contribution >= 4 is 17.5 Å². The Hall–Kier alpha value is -2.38. The minimum absolute atomic E-state index is 0.0259. The van der Waals surface area contributed by atoms with Gasteiger partial charge in [0.2, 0.25) is 0 Å². The fraction of sp³-hybridized carbons (Fsp3) is 0.600. The van der Waals surface area contributed by atoms with Gasteiger partial charge in [-0.25, -0.2) is 4.79 Å². The molecule has 0 aromatic carbocycles. The van der Waals surface area contributed by atoms with Gasteiger partial charge in [-0.15, -0.1) is 0 Å². The number of hydrogen-bond donors (Lipinski definition) is 1. The summed E-state index contributed by atoms with van der Waals surface area (Å²) < 4.78 is 5.25. The number of anilines is 1. The van der Waals surface area contributed by atoms with Crippen molar-refractivity contribution in [1.29, 1.82) is 0 Å². The summed E-state index contributed by atoms with van der Waals surface area (Å²) in [5.74, 6) is 0. The molecule has 1 N–H and O–H groups in total. The number of nitrogens with one attached hydrogen (secondary N) is 1. The van der Waals surface area contributed by atoms with Gasteiger partial charge >= 0.3 is 6.09 Å². The Morgan fingerprint density at radius 2 is 2.26 bits per heavy atom. The summed E-state index contributed by atoms with van der Waals surface area (Å²) in [7, 11) is 0. The van der Waals surface area contributed by atoms with Crippen LogP contribution in [0, 0.1) is 10.1 Å². The Morgan fingerprint density at radius 1 is 1.52 bits per heavy atom. The van der Waals surface area contributed by atoms with Gasteiger partial charge in [0.25, 0.3) is 5.69 Å². The first-order valence-corrected chi connectivity index (χ1v) is 7.59. The monoisotopic (exact) mass is 322 g/mol. The number of rotatable bonds is 3. The smallest absolute Gasteiger partial charge is 0.407 e. The lowest BCUT2D eigenvalue weighted by Gasteiger charge is -2.34. The molecule has 0 spiro atoms. The summed E-state index contributed by atoms with van der Waals surface area (Å²) in [6.45, 7) is 6.60. The fourth-order valence-corrected chi connectivity index (χ4v) is 2.56. The number of carbonyl (C=O) groups is 1. The molecule has 0 bridgehead atoms. The van der Waals surface area contributed by atoms with Crippen molar-refractivity contribution < 1.29 is 14.5 Å². The van der Waals surface area contributed by atoms with Crippen LogP contribution in [0.2, 0.25) is 0 Å². The molecule has 2 heterocycles. The molecule has 2 rings (SSSR count). The minimum Gasteiger partial charge on any atom is -0.444 e. The van der Waals surface area contributed by atoms with E-state index in [0.29, 0.717) is 18.8 Å². The lowest BCUT2D eigenvalue weighted by Crippen LogP contribution is -2.49. The quantitative estimate of drug-likeness (QED) is 0.678. The average Bonchev–Trinajstić information content (AvgIpc) is 2.45. The van der Waals surface area contributed by atoms with Gasteiger partial charge in [0, 0.05) is 31.4 Å². The zero-order valence-electron chi connectivity index (χ0n) is 13.6. The Morgan fingerprint density at radius 3 is 2.91 bits per heavy atom. The van der Waals surface area contributed by atoms with Gasteiger partial charge in [-0.1, -0.05) is 0 Å². The van der Waals surface area contributed by atoms with Gasteiger partial charge in [0.05, 0.1) is 11.1 Å². The zero-order valence-corrected chi connectivity index (χ0v) is 13.6. The van der Waals surface area contributed by atoms with Gasteiger partial charge in [-0.2, -0.15) is 0 Å². The predicted octanol–water partition coefficient (Wildman–Crippen LogP) is 2.48. The van der Waals surface area contributed by atoms with E-state index in [4.69, 9.17) is 4.74 Å². The Labute approximate surface area is 135 Å². The van der Waals surface area contributed by atoms with Crippen LogP contribution in [0.1, 0.15) is 33.6 Å². The van der Waals surface area contributed by atoms with Crippen LogP contribution in [0.5, 0.6) is 0 Å². The molecular weight excluding hydrogens is 300 g/mol. The van der Waals surface area contributed by atoms with Gasteiger partial charge in [-0.3, -0.25) is 15.1 Å². The van der Waals surface area contributed by atoms with Crippen LogP contribution < -0.4 is 10.2 Å². The number of carbonyl (C=O) groups excluding carboxylic acids is 1. The third-order valence-electron chi connectivity index (χ3n) is 3.46. The van der Waals surface area contributed by atoms with Gasteiger partial charge in [0.1, 0.15) is 11.3 Å². The number of amides is 1. The lowest BCUT2D eigenvalue weighted by molar-refractivity contribution is -0.384. The third-order valence-corrected chi connectivity index (χ3v) is 3.46. The number of pyridine rings is 1. The summed E-state index contributed by atoms with van der Waals surface area (Å²) in [5.41, 5.74) is -0.0493. The molecule has 1 fully saturated rings. The van der Waals surface area contributed by atoms with Crippen LogP contribution in [0.4, 0.5) is 16.2 Å². The maximum atomic E-state index is 11.9. The SMILES string of the molecule is CC(C)(C)OC(=O)NC1CCCN(c2cnccc2[N+](=O)[O-])C1. The molecule has 1 aromatic heterocycles. The van der Waals surface area contributed by atoms with E-state index >= 15 is 0 Å². The lowest BCUT2D eigenvalue weighted by atomic mass is 10.1. The van der Waals surface area contributed by atoms with Crippen molar-refractivity contribution in [2.24, 2.45) is 0 Å². The van der Waals surface area contributed by atoms with Crippen molar-refractivity contribution in [2.75, 3.05) is 18.0 Å². The molecule has 0 radical (unpaired) electrons. The molecule has 8 nitrogen and oxygen atoms in total. The number of nitro groups is 1. The highest BCUT2D eigenvalue weighted by atomic mass is 16.6. The van der Waals surface area contributed by atoms with Crippen LogP contribution in [0.15, 0.2) is 18.5 Å². The first kappa shape index (κ1) is 17.0. The Balaban J connectivity index is 2.04. The predicted molar refractivity (Wildman–Crippen MR) is 85.5 cm³/mol. The summed E-state index contributed by atoms with van der Waals surface area (Å²) in [4.78, 5) is 28.5. The maximum absolute atomic E-state index is 11.9. The van der Waals surface area contributed by atoms with Gasteiger partial charge < -0.3 is 15.0 Å². The maximum Gasteiger partial charge on any atom is 0.407 e. The van der Waals surface area contributed by atoms with E-state index in [0.717, 1.165) is 12.8 Å². The van der Waals surface area contributed by atoms with Crippen LogP contribution >= 0.6 is 0 Å². The molecule has 126 valence electrons. The number of ether oxygens (including phenoxy) is 1. The molecule has 23 heavy (non-hydrogen) atoms. The van der Waals surface area contributed by atoms with Crippen molar-refractivity contribution in [3.63, 3.8) is 0 Å². The standard InChI is InChI=1S/C15H22N4O4/c1-15(2,3)23-14(20)17-11-5-4-8-18(10-11)13-9-16-7-6-12(13)19(21)22/h6-7,9,11H,4-5,8,10H2,1-3H3,(H,17,20). The van der Waals surface area contributed by atoms with Gasteiger partial charge in [0.15, 0.2) is 0 Å². The molecule has 1 unspecified atom stereocenters. The van der Waals surface area contributed by atoms with E-state index in [2.05, 4.69) is 10.3 Å². The van der Waals surface area contributed by atoms with E-state index in [1.54, 1.807) is 20.8 Å². The highest BCUT2D eigenvalue weighted by Crippen LogP contribution is 2.29. The number of piperidine rings is 1. The zero-order chi connectivity index (χ0) is 17.0. The molecule has 1 aliphatic rings. The van der Waals surface area contributed by atoms with E-state index < -0.39 is 16.6 Å². The number of aromatic nitrogens is 1. The second kappa shape index (κ2) is 6.80. The second-order valence-corrected chi connectivity index (χ2v) is 6.55. The first-order valence-electron chi connectivity index (χ1n) is 7.59. The molecule has 0 saturated carbocycles. The summed E-state index contributed by atoms with van der Waals surface area (Å²) in [5, 5.41) is 14.0. The normalized spacial score (nSPS) is 18.4. The van der Waals surface area contributed by atoms with E-state index in [9.17, 15) is 14.9 Å². The third kappa shape index (κ3) is 4.80. The van der Waals surface area contributed by atoms with Crippen LogP contribution in [-0.4, -0.2) is 40.7 Å². The van der Waals surface area contributed by atoms with E-state index in [-0.39, 0.29) is 11.7 Å². The highest BCUT2D eigenvalue weighted by molar-refractivity contribution is 5.68. The Kier molecular flexibility index (Phi) is 5.02. The summed E-state index contributed by atoms with van der Waals surface area (Å²) in [6, 6.07) is 1.28. The molecule has 1 aromatic rings. The highest BCUT2D eigenvalue weighted by Gasteiger charge is 2.27. The van der Waals surface area contributed by atoms with Crippen molar-refractivity contribution in [3.8, 4) is 0 Å². The second-order valence-electron chi connectivity index (χ2n) is 6.55. The van der Waals surface area contributed by atoms with Crippen LogP contribution in [0.3, 0.4) is 0 Å². The Bertz CT molecular complexity index is 585. The molecule has 8 heteroatoms. The largest absolute Gasteiger partial charge is 0.444 e. The molecule has 1 saturated heterocycles. The van der Waals surface area contributed by atoms with Crippen molar-refractivity contribution in [1.82, 2.24) is 10.3 Å². The van der Waals surface area contributed by atoms with Crippen LogP contribution in [0.25, 0.3) is 0 Å². The molecule has 1 atom stereocenters. The van der Waals surface area contributed by atoms with Gasteiger partial charge in [-0.05, 0) is 33.6 Å². The molecule has 0 aliphatic carbocycles. The summed E-state index contributed by atoms with van der Waals surface area (Å²) >= 11 is 0. The number of hydrogen-bond acceptors (Lipinski definition) is 6. The summed E-state index contributed by atoms with van der Waals surface area (Å²) in [6.07, 6.45) is 4.07. The first-order chi connectivity index (χ1) is 10.8. The molecule has 1 amide bonds. The van der Waals surface area contributed by atoms with E-state index in [1.165, 1.54) is 18.5 Å². The van der Waals surface area contributed by atoms with Crippen molar-refractivity contribution in [3.05, 3.63) is 28.6 Å². The molecule has 1 aliphatic heterocycles. The molecular formula is C15H22N4O4. The van der Waals surface area contributed by atoms with Crippen molar-refractivity contribution in [2.45, 2.75) is 45.3 Å². The average molecular weight is 322 g/mol. The van der Waals surface area contributed by atoms with Crippen LogP contribution in [-0.2, 0) is 4.74 Å². The minimum atomic E-state index is -0.555.